The minimum Gasteiger partial charge on any atom is -0.423 e. The molecule has 0 fully saturated rings. The maximum atomic E-state index is 10.7. The predicted octanol–water partition coefficient (Wildman–Crippen LogP) is 1.94. The van der Waals surface area contributed by atoms with Gasteiger partial charge in [-0.05, 0) is 24.3 Å². The Morgan fingerprint density at radius 2 is 1.83 bits per heavy atom. The molecular weight excluding hydrogens is 230 g/mol. The maximum Gasteiger partial charge on any atom is 0.308 e. The van der Waals surface area contributed by atoms with E-state index in [9.17, 15) is 4.79 Å². The van der Waals surface area contributed by atoms with Crippen LogP contribution in [0.3, 0.4) is 0 Å². The molecule has 0 atom stereocenters. The summed E-state index contributed by atoms with van der Waals surface area (Å²) < 4.78 is 4.83. The smallest absolute Gasteiger partial charge is 0.308 e. The average molecular weight is 239 g/mol. The van der Waals surface area contributed by atoms with E-state index in [2.05, 4.69) is 9.97 Å². The molecule has 1 heterocycles. The summed E-state index contributed by atoms with van der Waals surface area (Å²) in [6.07, 6.45) is 2.86. The minimum absolute atomic E-state index is 0.305. The quantitative estimate of drug-likeness (QED) is 0.748. The van der Waals surface area contributed by atoms with Crippen molar-refractivity contribution in [3.05, 3.63) is 42.2 Å². The van der Waals surface area contributed by atoms with Crippen molar-refractivity contribution < 1.29 is 9.53 Å². The molecule has 2 aromatic rings. The van der Waals surface area contributed by atoms with E-state index in [0.29, 0.717) is 17.1 Å². The number of benzene rings is 1. The number of carbonyl (C=O) groups is 1. The fourth-order valence-electron chi connectivity index (χ4n) is 1.38. The Balaban J connectivity index is 2.23. The molecule has 5 nitrogen and oxygen atoms in total. The van der Waals surface area contributed by atoms with Crippen molar-refractivity contribution in [2.45, 2.75) is 6.92 Å². The van der Waals surface area contributed by atoms with Gasteiger partial charge in [0.1, 0.15) is 0 Å². The molecule has 0 spiro atoms. The first-order valence-electron chi connectivity index (χ1n) is 5.20. The summed E-state index contributed by atoms with van der Waals surface area (Å²) in [7, 11) is 0. The van der Waals surface area contributed by atoms with Gasteiger partial charge in [-0.25, -0.2) is 9.97 Å². The summed E-state index contributed by atoms with van der Waals surface area (Å²) in [4.78, 5) is 18.9. The second-order valence-electron chi connectivity index (χ2n) is 3.53. The highest BCUT2D eigenvalue weighted by Gasteiger charge is 2.03. The standard InChI is InChI=1S/C13H9N3O2/c1-9(17)18-12-7-15-13(16-8-12)11-4-2-10(6-14)3-5-11/h2-5,7-8H,1H3. The number of hydrogen-bond donors (Lipinski definition) is 0. The fraction of sp³-hybridized carbons (Fsp3) is 0.0769. The molecule has 5 heteroatoms. The van der Waals surface area contributed by atoms with E-state index in [1.807, 2.05) is 6.07 Å². The highest BCUT2D eigenvalue weighted by molar-refractivity contribution is 5.69. The molecule has 1 aromatic heterocycles. The van der Waals surface area contributed by atoms with Gasteiger partial charge in [0.05, 0.1) is 24.0 Å². The Morgan fingerprint density at radius 3 is 2.33 bits per heavy atom. The maximum absolute atomic E-state index is 10.7. The van der Waals surface area contributed by atoms with Crippen LogP contribution in [0.25, 0.3) is 11.4 Å². The van der Waals surface area contributed by atoms with Gasteiger partial charge in [0.2, 0.25) is 0 Å². The number of nitriles is 1. The number of aromatic nitrogens is 2. The number of esters is 1. The number of rotatable bonds is 2. The molecule has 0 N–H and O–H groups in total. The van der Waals surface area contributed by atoms with Crippen molar-refractivity contribution in [1.82, 2.24) is 9.97 Å². The monoisotopic (exact) mass is 239 g/mol. The summed E-state index contributed by atoms with van der Waals surface area (Å²) in [6, 6.07) is 8.95. The predicted molar refractivity (Wildman–Crippen MR) is 63.5 cm³/mol. The first-order chi connectivity index (χ1) is 8.69. The van der Waals surface area contributed by atoms with Crippen molar-refractivity contribution >= 4 is 5.97 Å². The van der Waals surface area contributed by atoms with Crippen LogP contribution in [-0.4, -0.2) is 15.9 Å². The summed E-state index contributed by atoms with van der Waals surface area (Å²) in [5, 5.41) is 8.69. The molecular formula is C13H9N3O2. The molecule has 0 radical (unpaired) electrons. The Bertz CT molecular complexity index is 598. The number of nitrogens with zero attached hydrogens (tertiary/aromatic N) is 3. The lowest BCUT2D eigenvalue weighted by Crippen LogP contribution is -2.02. The van der Waals surface area contributed by atoms with E-state index in [4.69, 9.17) is 10.00 Å². The van der Waals surface area contributed by atoms with Gasteiger partial charge in [-0.1, -0.05) is 0 Å². The topological polar surface area (TPSA) is 75.9 Å². The van der Waals surface area contributed by atoms with Gasteiger partial charge >= 0.3 is 5.97 Å². The molecule has 0 saturated heterocycles. The first kappa shape index (κ1) is 11.7. The molecule has 18 heavy (non-hydrogen) atoms. The second kappa shape index (κ2) is 5.06. The molecule has 0 aliphatic rings. The van der Waals surface area contributed by atoms with Crippen LogP contribution in [0.5, 0.6) is 5.75 Å². The average Bonchev–Trinajstić information content (AvgIpc) is 2.39. The summed E-state index contributed by atoms with van der Waals surface area (Å²) in [5.74, 6) is 0.403. The second-order valence-corrected chi connectivity index (χ2v) is 3.53. The van der Waals surface area contributed by atoms with Crippen LogP contribution in [0.15, 0.2) is 36.7 Å². The number of carbonyl (C=O) groups excluding carboxylic acids is 1. The summed E-state index contributed by atoms with van der Waals surface area (Å²) in [5.41, 5.74) is 1.37. The zero-order valence-corrected chi connectivity index (χ0v) is 9.62. The molecule has 2 rings (SSSR count). The van der Waals surface area contributed by atoms with Crippen molar-refractivity contribution in [2.75, 3.05) is 0 Å². The van der Waals surface area contributed by atoms with E-state index in [1.54, 1.807) is 24.3 Å². The molecule has 0 amide bonds. The fourth-order valence-corrected chi connectivity index (χ4v) is 1.38. The summed E-state index contributed by atoms with van der Waals surface area (Å²) >= 11 is 0. The van der Waals surface area contributed by atoms with Gasteiger partial charge in [-0.3, -0.25) is 4.79 Å². The molecule has 0 saturated carbocycles. The van der Waals surface area contributed by atoms with Crippen LogP contribution in [0.4, 0.5) is 0 Å². The van der Waals surface area contributed by atoms with Crippen LogP contribution < -0.4 is 4.74 Å². The lowest BCUT2D eigenvalue weighted by molar-refractivity contribution is -0.131. The highest BCUT2D eigenvalue weighted by Crippen LogP contribution is 2.17. The van der Waals surface area contributed by atoms with Gasteiger partial charge in [-0.15, -0.1) is 0 Å². The molecule has 1 aromatic carbocycles. The van der Waals surface area contributed by atoms with Crippen LogP contribution in [0.1, 0.15) is 12.5 Å². The highest BCUT2D eigenvalue weighted by atomic mass is 16.5. The van der Waals surface area contributed by atoms with Crippen molar-refractivity contribution in [2.24, 2.45) is 0 Å². The lowest BCUT2D eigenvalue weighted by Gasteiger charge is -2.02. The SMILES string of the molecule is CC(=O)Oc1cnc(-c2ccc(C#N)cc2)nc1. The third kappa shape index (κ3) is 2.68. The normalized spacial score (nSPS) is 9.56. The van der Waals surface area contributed by atoms with Gasteiger partial charge < -0.3 is 4.74 Å². The third-order valence-electron chi connectivity index (χ3n) is 2.16. The van der Waals surface area contributed by atoms with Crippen LogP contribution in [0.2, 0.25) is 0 Å². The van der Waals surface area contributed by atoms with Crippen molar-refractivity contribution in [3.8, 4) is 23.2 Å². The first-order valence-corrected chi connectivity index (χ1v) is 5.20. The largest absolute Gasteiger partial charge is 0.423 e. The van der Waals surface area contributed by atoms with E-state index in [0.717, 1.165) is 5.56 Å². The molecule has 0 bridgehead atoms. The molecule has 0 aliphatic heterocycles. The Hall–Kier alpha value is -2.74. The van der Waals surface area contributed by atoms with Gasteiger partial charge in [0, 0.05) is 12.5 Å². The van der Waals surface area contributed by atoms with Crippen LogP contribution >= 0.6 is 0 Å². The zero-order chi connectivity index (χ0) is 13.0. The van der Waals surface area contributed by atoms with Crippen molar-refractivity contribution in [3.63, 3.8) is 0 Å². The molecule has 0 aliphatic carbocycles. The van der Waals surface area contributed by atoms with Crippen LogP contribution in [-0.2, 0) is 4.79 Å². The number of hydrogen-bond acceptors (Lipinski definition) is 5. The van der Waals surface area contributed by atoms with E-state index < -0.39 is 5.97 Å². The molecule has 0 unspecified atom stereocenters. The van der Waals surface area contributed by atoms with E-state index in [-0.39, 0.29) is 0 Å². The van der Waals surface area contributed by atoms with Crippen molar-refractivity contribution in [1.29, 1.82) is 5.26 Å². The van der Waals surface area contributed by atoms with E-state index in [1.165, 1.54) is 19.3 Å². The minimum atomic E-state index is -0.412. The zero-order valence-electron chi connectivity index (χ0n) is 9.62. The summed E-state index contributed by atoms with van der Waals surface area (Å²) in [6.45, 7) is 1.31. The number of ether oxygens (including phenoxy) is 1. The van der Waals surface area contributed by atoms with Crippen LogP contribution in [0, 0.1) is 11.3 Å². The Morgan fingerprint density at radius 1 is 1.22 bits per heavy atom. The third-order valence-corrected chi connectivity index (χ3v) is 2.16. The van der Waals surface area contributed by atoms with Gasteiger partial charge in [0.25, 0.3) is 0 Å². The Labute approximate surface area is 104 Å². The Kier molecular flexibility index (Phi) is 3.30. The van der Waals surface area contributed by atoms with Gasteiger partial charge in [0.15, 0.2) is 11.6 Å². The lowest BCUT2D eigenvalue weighted by atomic mass is 10.1. The molecule has 88 valence electrons. The van der Waals surface area contributed by atoms with E-state index >= 15 is 0 Å². The van der Waals surface area contributed by atoms with Gasteiger partial charge in [-0.2, -0.15) is 5.26 Å².